The first kappa shape index (κ1) is 16.8. The summed E-state index contributed by atoms with van der Waals surface area (Å²) in [5.41, 5.74) is 1.03. The number of amides is 1. The molecule has 6 nitrogen and oxygen atoms in total. The van der Waals surface area contributed by atoms with Crippen LogP contribution in [0.15, 0.2) is 28.7 Å². The van der Waals surface area contributed by atoms with Gasteiger partial charge in [-0.25, -0.2) is 4.39 Å². The SMILES string of the molecule is C[NH+](Cc1ccc(F)cc1)Cn1nc(CN2CCCC2=O)oc1=S. The fourth-order valence-electron chi connectivity index (χ4n) is 2.81. The number of carbonyl (C=O) groups is 1. The Bertz CT molecular complexity index is 771. The van der Waals surface area contributed by atoms with Crippen molar-refractivity contribution < 1.29 is 18.5 Å². The summed E-state index contributed by atoms with van der Waals surface area (Å²) in [6.45, 7) is 2.36. The number of hydrogen-bond acceptors (Lipinski definition) is 4. The van der Waals surface area contributed by atoms with Crippen molar-refractivity contribution in [2.24, 2.45) is 0 Å². The molecule has 1 aromatic carbocycles. The van der Waals surface area contributed by atoms with E-state index in [4.69, 9.17) is 16.6 Å². The Hall–Kier alpha value is -2.06. The molecule has 1 aliphatic heterocycles. The average molecular weight is 351 g/mol. The molecule has 8 heteroatoms. The maximum Gasteiger partial charge on any atom is 0.291 e. The molecule has 2 heterocycles. The van der Waals surface area contributed by atoms with Crippen LogP contribution in [0, 0.1) is 10.7 Å². The number of rotatable bonds is 6. The van der Waals surface area contributed by atoms with Gasteiger partial charge in [0.1, 0.15) is 12.4 Å². The summed E-state index contributed by atoms with van der Waals surface area (Å²) in [7, 11) is 2.00. The molecular formula is C16H20FN4O2S+. The van der Waals surface area contributed by atoms with E-state index in [1.807, 2.05) is 7.05 Å². The summed E-state index contributed by atoms with van der Waals surface area (Å²) in [5.74, 6) is 0.353. The second-order valence-electron chi connectivity index (χ2n) is 6.10. The highest BCUT2D eigenvalue weighted by Gasteiger charge is 2.22. The van der Waals surface area contributed by atoms with Gasteiger partial charge >= 0.3 is 0 Å². The van der Waals surface area contributed by atoms with Crippen molar-refractivity contribution in [3.63, 3.8) is 0 Å². The van der Waals surface area contributed by atoms with E-state index < -0.39 is 0 Å². The molecule has 3 rings (SSSR count). The molecule has 1 saturated heterocycles. The molecule has 1 N–H and O–H groups in total. The molecule has 1 fully saturated rings. The summed E-state index contributed by atoms with van der Waals surface area (Å²) in [6, 6.07) is 6.45. The number of carbonyl (C=O) groups excluding carboxylic acids is 1. The molecule has 0 saturated carbocycles. The van der Waals surface area contributed by atoms with Crippen LogP contribution in [0.5, 0.6) is 0 Å². The molecule has 1 aromatic heterocycles. The van der Waals surface area contributed by atoms with E-state index >= 15 is 0 Å². The zero-order chi connectivity index (χ0) is 17.1. The van der Waals surface area contributed by atoms with Crippen molar-refractivity contribution in [2.45, 2.75) is 32.6 Å². The molecular weight excluding hydrogens is 331 g/mol. The number of hydrogen-bond donors (Lipinski definition) is 1. The van der Waals surface area contributed by atoms with Gasteiger partial charge in [0, 0.05) is 18.5 Å². The molecule has 1 unspecified atom stereocenters. The summed E-state index contributed by atoms with van der Waals surface area (Å²) >= 11 is 5.21. The van der Waals surface area contributed by atoms with Crippen LogP contribution in [0.4, 0.5) is 4.39 Å². The molecule has 128 valence electrons. The summed E-state index contributed by atoms with van der Waals surface area (Å²) in [4.78, 5) is 14.8. The Morgan fingerprint density at radius 3 is 2.79 bits per heavy atom. The van der Waals surface area contributed by atoms with Crippen LogP contribution in [0.2, 0.25) is 0 Å². The fourth-order valence-corrected chi connectivity index (χ4v) is 3.01. The van der Waals surface area contributed by atoms with Gasteiger partial charge in [0.25, 0.3) is 4.84 Å². The number of likely N-dealkylation sites (tertiary alicyclic amines) is 1. The number of benzene rings is 1. The highest BCUT2D eigenvalue weighted by Crippen LogP contribution is 2.13. The van der Waals surface area contributed by atoms with Crippen molar-refractivity contribution in [1.29, 1.82) is 0 Å². The van der Waals surface area contributed by atoms with Gasteiger partial charge in [0.2, 0.25) is 11.8 Å². The van der Waals surface area contributed by atoms with Gasteiger partial charge in [-0.1, -0.05) is 12.1 Å². The average Bonchev–Trinajstić information content (AvgIpc) is 3.08. The standard InChI is InChI=1S/C16H19FN4O2S/c1-19(9-12-4-6-13(17)7-5-12)11-21-16(24)23-14(18-21)10-20-8-2-3-15(20)22/h4-7H,2-3,8-11H2,1H3/p+1. The minimum atomic E-state index is -0.240. The third-order valence-electron chi connectivity index (χ3n) is 3.98. The maximum absolute atomic E-state index is 12.9. The molecule has 1 atom stereocenters. The quantitative estimate of drug-likeness (QED) is 0.793. The van der Waals surface area contributed by atoms with E-state index in [0.717, 1.165) is 30.0 Å². The molecule has 24 heavy (non-hydrogen) atoms. The van der Waals surface area contributed by atoms with Gasteiger partial charge in [-0.2, -0.15) is 4.68 Å². The summed E-state index contributed by atoms with van der Waals surface area (Å²) in [6.07, 6.45) is 1.47. The van der Waals surface area contributed by atoms with Crippen LogP contribution in [0.25, 0.3) is 0 Å². The highest BCUT2D eigenvalue weighted by molar-refractivity contribution is 7.71. The largest absolute Gasteiger partial charge is 0.412 e. The van der Waals surface area contributed by atoms with Gasteiger partial charge < -0.3 is 14.2 Å². The Balaban J connectivity index is 1.61. The predicted octanol–water partition coefficient (Wildman–Crippen LogP) is 1.14. The number of nitrogens with zero attached hydrogens (tertiary/aromatic N) is 3. The van der Waals surface area contributed by atoms with E-state index in [1.54, 1.807) is 21.7 Å². The first-order valence-electron chi connectivity index (χ1n) is 7.91. The van der Waals surface area contributed by atoms with Crippen molar-refractivity contribution in [3.8, 4) is 0 Å². The normalized spacial score (nSPS) is 15.9. The van der Waals surface area contributed by atoms with Crippen LogP contribution < -0.4 is 4.90 Å². The van der Waals surface area contributed by atoms with Gasteiger partial charge in [-0.3, -0.25) is 4.79 Å². The lowest BCUT2D eigenvalue weighted by Crippen LogP contribution is -3.07. The molecule has 0 radical (unpaired) electrons. The van der Waals surface area contributed by atoms with Crippen molar-refractivity contribution >= 4 is 18.1 Å². The van der Waals surface area contributed by atoms with Crippen molar-refractivity contribution in [3.05, 3.63) is 46.4 Å². The van der Waals surface area contributed by atoms with E-state index in [0.29, 0.717) is 30.4 Å². The van der Waals surface area contributed by atoms with Gasteiger partial charge in [-0.05, 0) is 30.8 Å². The minimum Gasteiger partial charge on any atom is -0.412 e. The monoisotopic (exact) mass is 351 g/mol. The molecule has 1 aliphatic rings. The van der Waals surface area contributed by atoms with E-state index in [-0.39, 0.29) is 11.7 Å². The fraction of sp³-hybridized carbons (Fsp3) is 0.438. The highest BCUT2D eigenvalue weighted by atomic mass is 32.1. The Morgan fingerprint density at radius 2 is 2.12 bits per heavy atom. The van der Waals surface area contributed by atoms with Crippen LogP contribution >= 0.6 is 12.2 Å². The lowest BCUT2D eigenvalue weighted by Gasteiger charge is -2.13. The summed E-state index contributed by atoms with van der Waals surface area (Å²) in [5, 5.41) is 4.37. The van der Waals surface area contributed by atoms with E-state index in [2.05, 4.69) is 5.10 Å². The Morgan fingerprint density at radius 1 is 1.38 bits per heavy atom. The third kappa shape index (κ3) is 4.07. The minimum absolute atomic E-state index is 0.129. The first-order chi connectivity index (χ1) is 11.5. The second kappa shape index (κ2) is 7.23. The Labute approximate surface area is 144 Å². The number of aromatic nitrogens is 2. The van der Waals surface area contributed by atoms with Crippen molar-refractivity contribution in [2.75, 3.05) is 13.6 Å². The topological polar surface area (TPSA) is 55.7 Å². The number of nitrogens with one attached hydrogen (secondary N) is 1. The van der Waals surface area contributed by atoms with Crippen LogP contribution in [0.3, 0.4) is 0 Å². The second-order valence-corrected chi connectivity index (χ2v) is 6.45. The smallest absolute Gasteiger partial charge is 0.291 e. The lowest BCUT2D eigenvalue weighted by atomic mass is 10.2. The first-order valence-corrected chi connectivity index (χ1v) is 8.32. The molecule has 1 amide bonds. The van der Waals surface area contributed by atoms with Crippen LogP contribution in [-0.2, 0) is 24.6 Å². The maximum atomic E-state index is 12.9. The van der Waals surface area contributed by atoms with Gasteiger partial charge in [-0.15, -0.1) is 5.10 Å². The molecule has 0 spiro atoms. The number of halogens is 1. The molecule has 0 bridgehead atoms. The zero-order valence-corrected chi connectivity index (χ0v) is 14.3. The van der Waals surface area contributed by atoms with E-state index in [1.165, 1.54) is 12.1 Å². The van der Waals surface area contributed by atoms with Crippen LogP contribution in [-0.4, -0.2) is 34.2 Å². The van der Waals surface area contributed by atoms with E-state index in [9.17, 15) is 9.18 Å². The Kier molecular flexibility index (Phi) is 5.06. The van der Waals surface area contributed by atoms with Crippen LogP contribution in [0.1, 0.15) is 24.3 Å². The van der Waals surface area contributed by atoms with Gasteiger partial charge in [0.15, 0.2) is 6.67 Å². The summed E-state index contributed by atoms with van der Waals surface area (Å²) < 4.78 is 20.1. The lowest BCUT2D eigenvalue weighted by molar-refractivity contribution is -0.917. The number of quaternary nitrogens is 1. The zero-order valence-electron chi connectivity index (χ0n) is 13.5. The van der Waals surface area contributed by atoms with Gasteiger partial charge in [0.05, 0.1) is 13.6 Å². The molecule has 0 aliphatic carbocycles. The van der Waals surface area contributed by atoms with Crippen molar-refractivity contribution in [1.82, 2.24) is 14.7 Å². The third-order valence-corrected chi connectivity index (χ3v) is 4.28. The predicted molar refractivity (Wildman–Crippen MR) is 87.0 cm³/mol. The molecule has 2 aromatic rings.